The normalized spacial score (nSPS) is 16.9. The van der Waals surface area contributed by atoms with Gasteiger partial charge in [-0.05, 0) is 32.2 Å². The molecule has 0 aromatic carbocycles. The zero-order chi connectivity index (χ0) is 11.3. The molecule has 0 aromatic heterocycles. The number of rotatable bonds is 6. The maximum Gasteiger partial charge on any atom is 0.242 e. The van der Waals surface area contributed by atoms with Crippen LogP contribution in [0.3, 0.4) is 0 Å². The molecule has 86 valence electrons. The minimum Gasteiger partial charge on any atom is -0.357 e. The summed E-state index contributed by atoms with van der Waals surface area (Å²) in [5.41, 5.74) is 0. The van der Waals surface area contributed by atoms with Crippen molar-refractivity contribution in [3.63, 3.8) is 0 Å². The maximum atomic E-state index is 11.3. The summed E-state index contributed by atoms with van der Waals surface area (Å²) in [4.78, 5) is 22.4. The molecule has 1 unspecified atom stereocenters. The fourth-order valence-corrected chi connectivity index (χ4v) is 1.29. The van der Waals surface area contributed by atoms with Crippen molar-refractivity contribution in [3.05, 3.63) is 0 Å². The largest absolute Gasteiger partial charge is 0.357 e. The fraction of sp³-hybridized carbons (Fsp3) is 0.800. The van der Waals surface area contributed by atoms with Gasteiger partial charge in [-0.15, -0.1) is 0 Å². The highest BCUT2D eigenvalue weighted by atomic mass is 16.2. The molecule has 1 aliphatic carbocycles. The van der Waals surface area contributed by atoms with E-state index in [1.807, 2.05) is 0 Å². The maximum absolute atomic E-state index is 11.3. The molecule has 5 nitrogen and oxygen atoms in total. The standard InChI is InChI=1S/C10H19N3O2/c1-7(10(15)11-2)13-9(14)6-12-5-8-3-4-8/h7-8,12H,3-6H2,1-2H3,(H,11,15)(H,13,14). The molecule has 0 radical (unpaired) electrons. The van der Waals surface area contributed by atoms with E-state index in [0.29, 0.717) is 0 Å². The van der Waals surface area contributed by atoms with Crippen LogP contribution in [0, 0.1) is 5.92 Å². The van der Waals surface area contributed by atoms with Crippen molar-refractivity contribution in [2.24, 2.45) is 5.92 Å². The van der Waals surface area contributed by atoms with Gasteiger partial charge in [-0.2, -0.15) is 0 Å². The van der Waals surface area contributed by atoms with E-state index in [-0.39, 0.29) is 18.4 Å². The molecule has 15 heavy (non-hydrogen) atoms. The van der Waals surface area contributed by atoms with Gasteiger partial charge in [0, 0.05) is 7.05 Å². The van der Waals surface area contributed by atoms with Crippen LogP contribution in [0.15, 0.2) is 0 Å². The van der Waals surface area contributed by atoms with Crippen LogP contribution in [-0.4, -0.2) is 38.0 Å². The Labute approximate surface area is 90.0 Å². The average Bonchev–Trinajstić information content (AvgIpc) is 3.00. The lowest BCUT2D eigenvalue weighted by Gasteiger charge is -2.12. The molecule has 1 atom stereocenters. The molecule has 0 heterocycles. The highest BCUT2D eigenvalue weighted by molar-refractivity contribution is 5.87. The van der Waals surface area contributed by atoms with Crippen molar-refractivity contribution in [1.82, 2.24) is 16.0 Å². The van der Waals surface area contributed by atoms with Gasteiger partial charge in [-0.1, -0.05) is 0 Å². The zero-order valence-electron chi connectivity index (χ0n) is 9.30. The average molecular weight is 213 g/mol. The Morgan fingerprint density at radius 3 is 2.60 bits per heavy atom. The topological polar surface area (TPSA) is 70.2 Å². The van der Waals surface area contributed by atoms with Crippen molar-refractivity contribution < 1.29 is 9.59 Å². The summed E-state index contributed by atoms with van der Waals surface area (Å²) in [5, 5.41) is 8.16. The van der Waals surface area contributed by atoms with Gasteiger partial charge in [0.1, 0.15) is 6.04 Å². The molecule has 1 aliphatic rings. The van der Waals surface area contributed by atoms with E-state index in [2.05, 4.69) is 16.0 Å². The second-order valence-corrected chi connectivity index (χ2v) is 3.98. The minimum atomic E-state index is -0.467. The number of hydrogen-bond donors (Lipinski definition) is 3. The molecule has 0 bridgehead atoms. The van der Waals surface area contributed by atoms with E-state index < -0.39 is 6.04 Å². The number of amides is 2. The van der Waals surface area contributed by atoms with Gasteiger partial charge in [0.25, 0.3) is 0 Å². The molecule has 0 aliphatic heterocycles. The van der Waals surface area contributed by atoms with E-state index in [4.69, 9.17) is 0 Å². The van der Waals surface area contributed by atoms with Crippen LogP contribution in [0.5, 0.6) is 0 Å². The van der Waals surface area contributed by atoms with Gasteiger partial charge in [0.2, 0.25) is 11.8 Å². The van der Waals surface area contributed by atoms with E-state index in [1.54, 1.807) is 14.0 Å². The molecule has 1 fully saturated rings. The van der Waals surface area contributed by atoms with Crippen LogP contribution in [0.1, 0.15) is 19.8 Å². The molecular formula is C10H19N3O2. The SMILES string of the molecule is CNC(=O)C(C)NC(=O)CNCC1CC1. The molecule has 0 aromatic rings. The molecule has 3 N–H and O–H groups in total. The quantitative estimate of drug-likeness (QED) is 0.543. The number of hydrogen-bond acceptors (Lipinski definition) is 3. The van der Waals surface area contributed by atoms with Crippen molar-refractivity contribution in [2.45, 2.75) is 25.8 Å². The Hall–Kier alpha value is -1.10. The Bertz CT molecular complexity index is 239. The molecule has 1 rings (SSSR count). The van der Waals surface area contributed by atoms with E-state index >= 15 is 0 Å². The van der Waals surface area contributed by atoms with Crippen molar-refractivity contribution in [2.75, 3.05) is 20.1 Å². The summed E-state index contributed by atoms with van der Waals surface area (Å²) < 4.78 is 0. The Morgan fingerprint density at radius 1 is 1.40 bits per heavy atom. The first-order valence-electron chi connectivity index (χ1n) is 5.35. The molecule has 0 saturated heterocycles. The predicted octanol–water partition coefficient (Wildman–Crippen LogP) is -0.763. The number of nitrogens with one attached hydrogen (secondary N) is 3. The third-order valence-corrected chi connectivity index (χ3v) is 2.43. The summed E-state index contributed by atoms with van der Waals surface area (Å²) in [7, 11) is 1.55. The predicted molar refractivity (Wildman–Crippen MR) is 57.3 cm³/mol. The van der Waals surface area contributed by atoms with Crippen LogP contribution >= 0.6 is 0 Å². The van der Waals surface area contributed by atoms with Gasteiger partial charge < -0.3 is 16.0 Å². The molecular weight excluding hydrogens is 194 g/mol. The highest BCUT2D eigenvalue weighted by Crippen LogP contribution is 2.27. The third kappa shape index (κ3) is 4.78. The Morgan fingerprint density at radius 2 is 2.07 bits per heavy atom. The molecule has 2 amide bonds. The summed E-state index contributed by atoms with van der Waals surface area (Å²) in [6, 6.07) is -0.467. The van der Waals surface area contributed by atoms with Crippen LogP contribution in [0.2, 0.25) is 0 Å². The van der Waals surface area contributed by atoms with E-state index in [9.17, 15) is 9.59 Å². The minimum absolute atomic E-state index is 0.133. The van der Waals surface area contributed by atoms with Gasteiger partial charge in [-0.3, -0.25) is 9.59 Å². The summed E-state index contributed by atoms with van der Waals surface area (Å²) in [6.45, 7) is 2.86. The Kier molecular flexibility index (Phi) is 4.55. The first-order chi connectivity index (χ1) is 7.13. The summed E-state index contributed by atoms with van der Waals surface area (Å²) in [6.07, 6.45) is 2.53. The van der Waals surface area contributed by atoms with Crippen LogP contribution in [-0.2, 0) is 9.59 Å². The number of carbonyl (C=O) groups is 2. The van der Waals surface area contributed by atoms with Crippen molar-refractivity contribution in [1.29, 1.82) is 0 Å². The smallest absolute Gasteiger partial charge is 0.242 e. The fourth-order valence-electron chi connectivity index (χ4n) is 1.29. The van der Waals surface area contributed by atoms with E-state index in [0.717, 1.165) is 12.5 Å². The van der Waals surface area contributed by atoms with Gasteiger partial charge in [0.15, 0.2) is 0 Å². The lowest BCUT2D eigenvalue weighted by atomic mass is 10.3. The van der Waals surface area contributed by atoms with Crippen LogP contribution < -0.4 is 16.0 Å². The lowest BCUT2D eigenvalue weighted by Crippen LogP contribution is -2.46. The van der Waals surface area contributed by atoms with Crippen molar-refractivity contribution >= 4 is 11.8 Å². The van der Waals surface area contributed by atoms with Crippen LogP contribution in [0.4, 0.5) is 0 Å². The second-order valence-electron chi connectivity index (χ2n) is 3.98. The number of likely N-dealkylation sites (N-methyl/N-ethyl adjacent to an activating group) is 1. The lowest BCUT2D eigenvalue weighted by molar-refractivity contribution is -0.127. The highest BCUT2D eigenvalue weighted by Gasteiger charge is 2.21. The second kappa shape index (κ2) is 5.70. The summed E-state index contributed by atoms with van der Waals surface area (Å²) in [5.74, 6) is 0.450. The number of carbonyl (C=O) groups excluding carboxylic acids is 2. The first kappa shape index (κ1) is 12.0. The van der Waals surface area contributed by atoms with Crippen molar-refractivity contribution in [3.8, 4) is 0 Å². The first-order valence-corrected chi connectivity index (χ1v) is 5.35. The van der Waals surface area contributed by atoms with E-state index in [1.165, 1.54) is 12.8 Å². The van der Waals surface area contributed by atoms with Crippen LogP contribution in [0.25, 0.3) is 0 Å². The zero-order valence-corrected chi connectivity index (χ0v) is 9.30. The van der Waals surface area contributed by atoms with Gasteiger partial charge in [0.05, 0.1) is 6.54 Å². The van der Waals surface area contributed by atoms with Gasteiger partial charge in [-0.25, -0.2) is 0 Å². The molecule has 1 saturated carbocycles. The monoisotopic (exact) mass is 213 g/mol. The molecule has 0 spiro atoms. The van der Waals surface area contributed by atoms with Gasteiger partial charge >= 0.3 is 0 Å². The summed E-state index contributed by atoms with van der Waals surface area (Å²) >= 11 is 0. The third-order valence-electron chi connectivity index (χ3n) is 2.43. The Balaban J connectivity index is 2.07. The molecule has 5 heteroatoms.